The van der Waals surface area contributed by atoms with E-state index in [1.54, 1.807) is 0 Å². The van der Waals surface area contributed by atoms with Crippen molar-refractivity contribution in [3.63, 3.8) is 0 Å². The third-order valence-electron chi connectivity index (χ3n) is 4.47. The van der Waals surface area contributed by atoms with E-state index in [1.807, 2.05) is 0 Å². The van der Waals surface area contributed by atoms with Crippen molar-refractivity contribution >= 4 is 11.9 Å². The van der Waals surface area contributed by atoms with Crippen molar-refractivity contribution in [2.75, 3.05) is 6.61 Å². The number of carboxylic acid groups (broad SMARTS) is 1. The zero-order chi connectivity index (χ0) is 18.8. The first-order valence-corrected chi connectivity index (χ1v) is 10.1. The van der Waals surface area contributed by atoms with Crippen LogP contribution in [0.2, 0.25) is 0 Å². The van der Waals surface area contributed by atoms with E-state index in [0.717, 1.165) is 51.4 Å². The first kappa shape index (κ1) is 23.9. The molecule has 0 aliphatic carbocycles. The number of carboxylic acids is 1. The summed E-state index contributed by atoms with van der Waals surface area (Å²) in [5.41, 5.74) is 0. The van der Waals surface area contributed by atoms with E-state index in [0.29, 0.717) is 0 Å². The predicted octanol–water partition coefficient (Wildman–Crippen LogP) is 4.85. The van der Waals surface area contributed by atoms with E-state index < -0.39 is 18.5 Å². The lowest BCUT2D eigenvalue weighted by molar-refractivity contribution is -0.153. The number of esters is 1. The summed E-state index contributed by atoms with van der Waals surface area (Å²) in [6.45, 7) is 1.66. The molecule has 0 aliphatic heterocycles. The van der Waals surface area contributed by atoms with E-state index in [2.05, 4.69) is 6.92 Å². The summed E-state index contributed by atoms with van der Waals surface area (Å²) in [7, 11) is 0. The van der Waals surface area contributed by atoms with Crippen molar-refractivity contribution in [1.82, 2.24) is 0 Å². The molecule has 2 N–H and O–H groups in total. The Morgan fingerprint density at radius 3 is 1.76 bits per heavy atom. The Balaban J connectivity index is 3.78. The molecule has 0 spiro atoms. The van der Waals surface area contributed by atoms with Gasteiger partial charge in [-0.2, -0.15) is 0 Å². The molecule has 1 atom stereocenters. The van der Waals surface area contributed by atoms with Gasteiger partial charge in [-0.05, 0) is 32.1 Å². The fraction of sp³-hybridized carbons (Fsp3) is 0.900. The van der Waals surface area contributed by atoms with E-state index in [9.17, 15) is 9.59 Å². The second-order valence-electron chi connectivity index (χ2n) is 6.88. The van der Waals surface area contributed by atoms with Crippen molar-refractivity contribution in [2.45, 2.75) is 109 Å². The zero-order valence-electron chi connectivity index (χ0n) is 16.0. The van der Waals surface area contributed by atoms with Crippen LogP contribution in [-0.4, -0.2) is 34.9 Å². The first-order valence-electron chi connectivity index (χ1n) is 10.1. The van der Waals surface area contributed by atoms with Crippen LogP contribution in [0.5, 0.6) is 0 Å². The van der Waals surface area contributed by atoms with Crippen LogP contribution in [0.4, 0.5) is 0 Å². The molecule has 0 rings (SSSR count). The molecule has 5 heteroatoms. The van der Waals surface area contributed by atoms with E-state index in [-0.39, 0.29) is 12.5 Å². The molecule has 0 aromatic rings. The van der Waals surface area contributed by atoms with Crippen LogP contribution in [-0.2, 0) is 14.3 Å². The molecule has 0 heterocycles. The molecule has 0 radical (unpaired) electrons. The van der Waals surface area contributed by atoms with Crippen molar-refractivity contribution in [3.05, 3.63) is 0 Å². The molecule has 25 heavy (non-hydrogen) atoms. The van der Waals surface area contributed by atoms with Gasteiger partial charge in [-0.25, -0.2) is 4.79 Å². The average molecular weight is 359 g/mol. The minimum absolute atomic E-state index is 0.0886. The number of rotatable bonds is 18. The lowest BCUT2D eigenvalue weighted by Gasteiger charge is -2.17. The number of carbonyl (C=O) groups is 2. The van der Waals surface area contributed by atoms with E-state index in [1.165, 1.54) is 38.5 Å². The van der Waals surface area contributed by atoms with Crippen LogP contribution in [0.3, 0.4) is 0 Å². The first-order chi connectivity index (χ1) is 12.1. The molecular weight excluding hydrogens is 320 g/mol. The van der Waals surface area contributed by atoms with Crippen LogP contribution in [0, 0.1) is 0 Å². The number of carbonyl (C=O) groups excluding carboxylic acids is 1. The minimum Gasteiger partial charge on any atom is -0.481 e. The van der Waals surface area contributed by atoms with Crippen molar-refractivity contribution in [3.8, 4) is 0 Å². The highest BCUT2D eigenvalue weighted by Crippen LogP contribution is 2.17. The third-order valence-corrected chi connectivity index (χ3v) is 4.47. The minimum atomic E-state index is -0.731. The molecule has 148 valence electrons. The Bertz CT molecular complexity index is 330. The third kappa shape index (κ3) is 17.5. The van der Waals surface area contributed by atoms with Gasteiger partial charge in [0.1, 0.15) is 12.7 Å². The normalized spacial score (nSPS) is 12.1. The van der Waals surface area contributed by atoms with Crippen molar-refractivity contribution in [1.29, 1.82) is 0 Å². The van der Waals surface area contributed by atoms with Gasteiger partial charge in [0.05, 0.1) is 0 Å². The molecule has 0 saturated carbocycles. The standard InChI is InChI=1S/C20H38O5/c1-2-3-4-5-6-8-11-14-18(25-20(24)17-21)15-12-9-7-10-13-16-19(22)23/h18,21H,2-17H2,1H3,(H,22,23). The molecule has 0 aromatic carbocycles. The smallest absolute Gasteiger partial charge is 0.332 e. The largest absolute Gasteiger partial charge is 0.481 e. The summed E-state index contributed by atoms with van der Waals surface area (Å²) in [6.07, 6.45) is 15.2. The van der Waals surface area contributed by atoms with Gasteiger partial charge >= 0.3 is 11.9 Å². The molecule has 1 unspecified atom stereocenters. The van der Waals surface area contributed by atoms with Gasteiger partial charge in [0.15, 0.2) is 0 Å². The summed E-state index contributed by atoms with van der Waals surface area (Å²) in [6, 6.07) is 0. The number of aliphatic hydroxyl groups is 1. The summed E-state index contributed by atoms with van der Waals surface area (Å²) in [4.78, 5) is 21.8. The number of aliphatic carboxylic acids is 1. The van der Waals surface area contributed by atoms with E-state index >= 15 is 0 Å². The number of aliphatic hydroxyl groups excluding tert-OH is 1. The Kier molecular flexibility index (Phi) is 16.9. The maximum absolute atomic E-state index is 11.3. The zero-order valence-corrected chi connectivity index (χ0v) is 16.0. The second kappa shape index (κ2) is 17.7. The topological polar surface area (TPSA) is 83.8 Å². The fourth-order valence-electron chi connectivity index (χ4n) is 2.99. The van der Waals surface area contributed by atoms with Gasteiger partial charge in [0.25, 0.3) is 0 Å². The summed E-state index contributed by atoms with van der Waals surface area (Å²) < 4.78 is 5.34. The average Bonchev–Trinajstić information content (AvgIpc) is 2.59. The summed E-state index contributed by atoms with van der Waals surface area (Å²) in [5.74, 6) is -1.26. The quantitative estimate of drug-likeness (QED) is 0.270. The molecule has 0 saturated heterocycles. The Morgan fingerprint density at radius 1 is 0.800 bits per heavy atom. The summed E-state index contributed by atoms with van der Waals surface area (Å²) >= 11 is 0. The van der Waals surface area contributed by atoms with Gasteiger partial charge < -0.3 is 14.9 Å². The second-order valence-corrected chi connectivity index (χ2v) is 6.88. The Hall–Kier alpha value is -1.10. The van der Waals surface area contributed by atoms with Gasteiger partial charge in [-0.15, -0.1) is 0 Å². The van der Waals surface area contributed by atoms with Crippen molar-refractivity contribution in [2.24, 2.45) is 0 Å². The van der Waals surface area contributed by atoms with Crippen LogP contribution in [0.25, 0.3) is 0 Å². The molecule has 0 aliphatic rings. The Morgan fingerprint density at radius 2 is 1.28 bits per heavy atom. The van der Waals surface area contributed by atoms with Gasteiger partial charge in [-0.1, -0.05) is 64.7 Å². The molecular formula is C20H38O5. The van der Waals surface area contributed by atoms with E-state index in [4.69, 9.17) is 14.9 Å². The predicted molar refractivity (Wildman–Crippen MR) is 99.5 cm³/mol. The number of ether oxygens (including phenoxy) is 1. The molecule has 0 bridgehead atoms. The maximum Gasteiger partial charge on any atom is 0.332 e. The van der Waals surface area contributed by atoms with Gasteiger partial charge in [0, 0.05) is 6.42 Å². The lowest BCUT2D eigenvalue weighted by atomic mass is 10.0. The maximum atomic E-state index is 11.3. The molecule has 5 nitrogen and oxygen atoms in total. The van der Waals surface area contributed by atoms with Gasteiger partial charge in [-0.3, -0.25) is 4.79 Å². The van der Waals surface area contributed by atoms with Gasteiger partial charge in [0.2, 0.25) is 0 Å². The van der Waals surface area contributed by atoms with Crippen molar-refractivity contribution < 1.29 is 24.5 Å². The SMILES string of the molecule is CCCCCCCCCC(CCCCCCCC(=O)O)OC(=O)CO. The van der Waals surface area contributed by atoms with Crippen LogP contribution >= 0.6 is 0 Å². The van der Waals surface area contributed by atoms with Crippen LogP contribution in [0.1, 0.15) is 103 Å². The lowest BCUT2D eigenvalue weighted by Crippen LogP contribution is -2.20. The number of hydrogen-bond acceptors (Lipinski definition) is 4. The molecule has 0 fully saturated rings. The fourth-order valence-corrected chi connectivity index (χ4v) is 2.99. The summed E-state index contributed by atoms with van der Waals surface area (Å²) in [5, 5.41) is 17.5. The molecule has 0 amide bonds. The number of hydrogen-bond donors (Lipinski definition) is 2. The monoisotopic (exact) mass is 358 g/mol. The highest BCUT2D eigenvalue weighted by molar-refractivity contribution is 5.70. The highest BCUT2D eigenvalue weighted by atomic mass is 16.6. The van der Waals surface area contributed by atoms with Crippen LogP contribution in [0.15, 0.2) is 0 Å². The Labute approximate surface area is 153 Å². The van der Waals surface area contributed by atoms with Crippen LogP contribution < -0.4 is 0 Å². The molecule has 0 aromatic heterocycles. The highest BCUT2D eigenvalue weighted by Gasteiger charge is 2.13. The number of unbranched alkanes of at least 4 members (excludes halogenated alkanes) is 10.